The second kappa shape index (κ2) is 13.1. The molecule has 0 radical (unpaired) electrons. The highest BCUT2D eigenvalue weighted by Gasteiger charge is 2.55. The summed E-state index contributed by atoms with van der Waals surface area (Å²) < 4.78 is 32.1. The summed E-state index contributed by atoms with van der Waals surface area (Å²) >= 11 is 0. The molecule has 0 aromatic heterocycles. The lowest BCUT2D eigenvalue weighted by Crippen LogP contribution is -2.54. The van der Waals surface area contributed by atoms with Crippen LogP contribution < -0.4 is 10.6 Å². The summed E-state index contributed by atoms with van der Waals surface area (Å²) in [6, 6.07) is 3.41. The first-order valence-corrected chi connectivity index (χ1v) is 16.2. The number of fused-ring (bicyclic) bond motifs is 3. The van der Waals surface area contributed by atoms with Gasteiger partial charge >= 0.3 is 5.97 Å². The molecule has 9 nitrogen and oxygen atoms in total. The van der Waals surface area contributed by atoms with Gasteiger partial charge in [-0.05, 0) is 102 Å². The van der Waals surface area contributed by atoms with E-state index in [2.05, 4.69) is 24.1 Å². The molecule has 242 valence electrons. The van der Waals surface area contributed by atoms with E-state index in [1.807, 2.05) is 26.8 Å². The minimum absolute atomic E-state index is 0.0977. The van der Waals surface area contributed by atoms with Gasteiger partial charge < -0.3 is 29.7 Å². The largest absolute Gasteiger partial charge is 0.474 e. The van der Waals surface area contributed by atoms with Crippen molar-refractivity contribution < 1.29 is 33.0 Å². The molecule has 1 saturated carbocycles. The number of benzene rings is 1. The van der Waals surface area contributed by atoms with Gasteiger partial charge in [-0.1, -0.05) is 19.1 Å². The van der Waals surface area contributed by atoms with Gasteiger partial charge in [0.2, 0.25) is 11.8 Å². The Bertz CT molecular complexity index is 1260. The zero-order valence-electron chi connectivity index (χ0n) is 26.6. The van der Waals surface area contributed by atoms with Crippen LogP contribution >= 0.6 is 0 Å². The Morgan fingerprint density at radius 1 is 1.20 bits per heavy atom. The molecule has 2 amide bonds. The normalized spacial score (nSPS) is 31.0. The predicted octanol–water partition coefficient (Wildman–Crippen LogP) is 4.17. The van der Waals surface area contributed by atoms with Crippen LogP contribution in [0.1, 0.15) is 83.8 Å². The van der Waals surface area contributed by atoms with Gasteiger partial charge in [0.25, 0.3) is 0 Å². The fourth-order valence-corrected chi connectivity index (χ4v) is 7.15. The van der Waals surface area contributed by atoms with Gasteiger partial charge in [0.1, 0.15) is 29.6 Å². The quantitative estimate of drug-likeness (QED) is 0.367. The first kappa shape index (κ1) is 32.3. The van der Waals surface area contributed by atoms with Crippen LogP contribution in [0.2, 0.25) is 0 Å². The molecule has 5 rings (SSSR count). The number of halogens is 1. The number of rotatable bonds is 6. The molecule has 2 heterocycles. The molecule has 0 spiro atoms. The van der Waals surface area contributed by atoms with Crippen LogP contribution in [0.4, 0.5) is 4.39 Å². The Morgan fingerprint density at radius 2 is 1.95 bits per heavy atom. The minimum atomic E-state index is -0.786. The van der Waals surface area contributed by atoms with Crippen LogP contribution in [0, 0.1) is 17.7 Å². The average molecular weight is 614 g/mol. The maximum atomic E-state index is 14.3. The Balaban J connectivity index is 1.34. The summed E-state index contributed by atoms with van der Waals surface area (Å²) in [6.45, 7) is 13.0. The topological polar surface area (TPSA) is 106 Å². The smallest absolute Gasteiger partial charge is 0.309 e. The molecule has 1 aromatic rings. The summed E-state index contributed by atoms with van der Waals surface area (Å²) in [4.78, 5) is 42.9. The number of amides is 2. The first-order chi connectivity index (χ1) is 20.9. The summed E-state index contributed by atoms with van der Waals surface area (Å²) in [7, 11) is 0. The van der Waals surface area contributed by atoms with Crippen LogP contribution in [-0.2, 0) is 41.4 Å². The fraction of sp³-hybridized carbons (Fsp3) is 0.676. The number of hydrogen-bond acceptors (Lipinski definition) is 7. The monoisotopic (exact) mass is 613 g/mol. The lowest BCUT2D eigenvalue weighted by Gasteiger charge is -2.31. The Hall–Kier alpha value is -3.14. The Kier molecular flexibility index (Phi) is 9.58. The van der Waals surface area contributed by atoms with Gasteiger partial charge in [0.05, 0.1) is 12.5 Å². The molecule has 1 unspecified atom stereocenters. The minimum Gasteiger partial charge on any atom is -0.474 e. The molecular formula is C34H48FN3O6. The molecule has 1 aromatic carbocycles. The molecule has 2 aliphatic heterocycles. The predicted molar refractivity (Wildman–Crippen MR) is 163 cm³/mol. The second-order valence-corrected chi connectivity index (χ2v) is 13.9. The maximum Gasteiger partial charge on any atom is 0.309 e. The van der Waals surface area contributed by atoms with E-state index in [0.29, 0.717) is 44.0 Å². The van der Waals surface area contributed by atoms with Crippen molar-refractivity contribution in [1.29, 1.82) is 0 Å². The van der Waals surface area contributed by atoms with Gasteiger partial charge in [0, 0.05) is 25.2 Å². The second-order valence-electron chi connectivity index (χ2n) is 13.9. The number of nitrogens with zero attached hydrogens (tertiary/aromatic N) is 1. The third-order valence-corrected chi connectivity index (χ3v) is 9.52. The maximum absolute atomic E-state index is 14.3. The van der Waals surface area contributed by atoms with Crippen molar-refractivity contribution in [1.82, 2.24) is 15.5 Å². The first-order valence-electron chi connectivity index (χ1n) is 16.2. The summed E-state index contributed by atoms with van der Waals surface area (Å²) in [5.41, 5.74) is 0.582. The van der Waals surface area contributed by atoms with E-state index in [-0.39, 0.29) is 48.4 Å². The molecule has 2 aliphatic carbocycles. The van der Waals surface area contributed by atoms with Gasteiger partial charge in [-0.25, -0.2) is 4.39 Å². The number of carbonyl (C=O) groups excluding carboxylic acids is 3. The third kappa shape index (κ3) is 7.38. The van der Waals surface area contributed by atoms with Crippen LogP contribution in [0.15, 0.2) is 30.7 Å². The lowest BCUT2D eigenvalue weighted by molar-refractivity contribution is -0.153. The van der Waals surface area contributed by atoms with Crippen LogP contribution in [0.5, 0.6) is 0 Å². The number of ether oxygens (including phenoxy) is 3. The highest BCUT2D eigenvalue weighted by molar-refractivity contribution is 5.91. The van der Waals surface area contributed by atoms with Crippen LogP contribution in [0.25, 0.3) is 0 Å². The standard InChI is InChI=1S/C34H48FN3O6/c1-6-34-19-24(34)11-8-14-42-15-9-13-28(36-21(2)44-33(3,4)5)31(40)38-20-25(18-29(38)30(39)37-34)43-32(41)23-16-22-10-7-12-27(35)26(22)17-23/h7,10,12,23-25,28-29,36H,2,6,8-9,11,13-20H2,1,3-5H3,(H,37,39)/t23?,24-,25-,28+,29+,34-/m1/s1. The molecule has 2 saturated heterocycles. The molecule has 10 heteroatoms. The Labute approximate surface area is 260 Å². The van der Waals surface area contributed by atoms with Gasteiger partial charge in [-0.2, -0.15) is 0 Å². The van der Waals surface area contributed by atoms with E-state index in [4.69, 9.17) is 14.2 Å². The molecule has 4 aliphatic rings. The Morgan fingerprint density at radius 3 is 2.66 bits per heavy atom. The number of esters is 1. The molecule has 3 fully saturated rings. The number of nitrogens with one attached hydrogen (secondary N) is 2. The van der Waals surface area contributed by atoms with E-state index >= 15 is 0 Å². The van der Waals surface area contributed by atoms with Gasteiger partial charge in [-0.3, -0.25) is 14.4 Å². The number of hydrogen-bond donors (Lipinski definition) is 2. The van der Waals surface area contributed by atoms with E-state index in [1.54, 1.807) is 11.0 Å². The van der Waals surface area contributed by atoms with Crippen molar-refractivity contribution in [3.8, 4) is 0 Å². The highest BCUT2D eigenvalue weighted by atomic mass is 19.1. The summed E-state index contributed by atoms with van der Waals surface area (Å²) in [5.74, 6) is -1.06. The fourth-order valence-electron chi connectivity index (χ4n) is 7.15. The van der Waals surface area contributed by atoms with Crippen molar-refractivity contribution in [3.05, 3.63) is 47.6 Å². The third-order valence-electron chi connectivity index (χ3n) is 9.52. The van der Waals surface area contributed by atoms with E-state index in [9.17, 15) is 18.8 Å². The van der Waals surface area contributed by atoms with Gasteiger partial charge in [0.15, 0.2) is 5.88 Å². The average Bonchev–Trinajstić information content (AvgIpc) is 3.26. The van der Waals surface area contributed by atoms with Crippen molar-refractivity contribution in [2.45, 2.75) is 115 Å². The zero-order chi connectivity index (χ0) is 31.6. The molecule has 0 bridgehead atoms. The summed E-state index contributed by atoms with van der Waals surface area (Å²) in [5, 5.41) is 6.45. The molecule has 44 heavy (non-hydrogen) atoms. The van der Waals surface area contributed by atoms with Crippen LogP contribution in [-0.4, -0.2) is 71.8 Å². The van der Waals surface area contributed by atoms with Gasteiger partial charge in [-0.15, -0.1) is 0 Å². The molecular weight excluding hydrogens is 565 g/mol. The van der Waals surface area contributed by atoms with Crippen molar-refractivity contribution in [2.24, 2.45) is 11.8 Å². The summed E-state index contributed by atoms with van der Waals surface area (Å²) in [6.07, 6.45) is 4.93. The van der Waals surface area contributed by atoms with E-state index < -0.39 is 35.7 Å². The van der Waals surface area contributed by atoms with E-state index in [1.165, 1.54) is 6.07 Å². The van der Waals surface area contributed by atoms with Crippen molar-refractivity contribution >= 4 is 17.8 Å². The van der Waals surface area contributed by atoms with E-state index in [0.717, 1.165) is 31.2 Å². The number of carbonyl (C=O) groups is 3. The highest BCUT2D eigenvalue weighted by Crippen LogP contribution is 2.49. The SMILES string of the molecule is C=C(N[C@H]1CCCOCCC[C@@H]2C[C@@]2(CC)NC(=O)[C@@H]2C[C@@H](OC(=O)C3Cc4cccc(F)c4C3)CN2C1=O)OC(C)(C)C. The van der Waals surface area contributed by atoms with Crippen molar-refractivity contribution in [3.63, 3.8) is 0 Å². The van der Waals surface area contributed by atoms with Crippen LogP contribution in [0.3, 0.4) is 0 Å². The van der Waals surface area contributed by atoms with Crippen molar-refractivity contribution in [2.75, 3.05) is 19.8 Å². The lowest BCUT2D eigenvalue weighted by atomic mass is 10.0. The zero-order valence-corrected chi connectivity index (χ0v) is 26.6. The molecule has 2 N–H and O–H groups in total. The molecule has 6 atom stereocenters.